The molecule has 0 radical (unpaired) electrons. The van der Waals surface area contributed by atoms with Crippen molar-refractivity contribution in [3.63, 3.8) is 0 Å². The average molecular weight is 732 g/mol. The summed E-state index contributed by atoms with van der Waals surface area (Å²) in [6.45, 7) is 7.78. The first-order valence-electron chi connectivity index (χ1n) is 18.3. The molecule has 0 amide bonds. The third kappa shape index (κ3) is 3.88. The first-order valence-corrected chi connectivity index (χ1v) is 19.1. The minimum atomic E-state index is -0.754. The average Bonchev–Trinajstić information content (AvgIpc) is 3.87. The Morgan fingerprint density at radius 3 is 2.02 bits per heavy atom. The summed E-state index contributed by atoms with van der Waals surface area (Å²) in [7, 11) is 0. The van der Waals surface area contributed by atoms with E-state index in [1.54, 1.807) is 11.8 Å². The van der Waals surface area contributed by atoms with Crippen molar-refractivity contribution in [1.29, 1.82) is 5.26 Å². The number of benzene rings is 5. The number of nitriles is 1. The Morgan fingerprint density at radius 1 is 0.589 bits per heavy atom. The molecule has 5 aromatic heterocycles. The Morgan fingerprint density at radius 2 is 1.29 bits per heavy atom. The van der Waals surface area contributed by atoms with Crippen LogP contribution in [-0.2, 0) is 5.41 Å². The highest BCUT2D eigenvalue weighted by molar-refractivity contribution is 7.99. The Hall–Kier alpha value is -7.52. The molecular weight excluding hydrogens is 707 g/mol. The fourth-order valence-electron chi connectivity index (χ4n) is 9.46. The zero-order valence-corrected chi connectivity index (χ0v) is 30.3. The summed E-state index contributed by atoms with van der Waals surface area (Å²) < 4.78 is 4.64. The Labute approximate surface area is 324 Å². The largest absolute Gasteiger partial charge is 0.309 e. The molecule has 0 saturated carbocycles. The Kier molecular flexibility index (Phi) is 6.21. The van der Waals surface area contributed by atoms with Crippen LogP contribution in [0.3, 0.4) is 0 Å². The number of nitrogens with zero attached hydrogens (tertiary/aromatic N) is 7. The fraction of sp³-hybridized carbons (Fsp3) is 0.0208. The summed E-state index contributed by atoms with van der Waals surface area (Å²) in [6.07, 6.45) is 5.54. The first-order chi connectivity index (χ1) is 27.7. The van der Waals surface area contributed by atoms with Crippen LogP contribution in [0.25, 0.3) is 71.2 Å². The van der Waals surface area contributed by atoms with Gasteiger partial charge < -0.3 is 9.13 Å². The molecule has 5 aromatic carbocycles. The van der Waals surface area contributed by atoms with Gasteiger partial charge in [-0.1, -0.05) is 78.5 Å². The molecule has 10 aromatic rings. The van der Waals surface area contributed by atoms with Crippen molar-refractivity contribution in [3.8, 4) is 28.8 Å². The van der Waals surface area contributed by atoms with Crippen molar-refractivity contribution >= 4 is 61.1 Å². The SMILES string of the molecule is [C-]#[N+]c1ccc2c(c1)c1ccccc1n2-c1cccc2c1C1(c3ccc(-n4c5ccccc5c5cc(C#N)ncc54)cc3S2)c2cccnc2-c2ncccc21. The van der Waals surface area contributed by atoms with Gasteiger partial charge >= 0.3 is 0 Å². The van der Waals surface area contributed by atoms with Crippen LogP contribution in [-0.4, -0.2) is 24.1 Å². The molecule has 6 heterocycles. The van der Waals surface area contributed by atoms with Gasteiger partial charge in [0.25, 0.3) is 0 Å². The van der Waals surface area contributed by atoms with Gasteiger partial charge in [-0.05, 0) is 88.8 Å². The molecule has 0 N–H and O–H groups in total. The van der Waals surface area contributed by atoms with E-state index in [0.29, 0.717) is 11.4 Å². The maximum absolute atomic E-state index is 9.71. The van der Waals surface area contributed by atoms with Gasteiger partial charge in [0.2, 0.25) is 0 Å². The zero-order valence-electron chi connectivity index (χ0n) is 29.5. The van der Waals surface area contributed by atoms with Crippen LogP contribution in [0, 0.1) is 17.9 Å². The van der Waals surface area contributed by atoms with E-state index in [1.807, 2.05) is 55.0 Å². The number of fused-ring (bicyclic) bond motifs is 15. The lowest BCUT2D eigenvalue weighted by molar-refractivity contribution is 0.712. The molecule has 258 valence electrons. The summed E-state index contributed by atoms with van der Waals surface area (Å²) in [5.74, 6) is 0. The number of rotatable bonds is 2. The van der Waals surface area contributed by atoms with E-state index < -0.39 is 5.41 Å². The van der Waals surface area contributed by atoms with E-state index in [1.165, 1.54) is 5.56 Å². The van der Waals surface area contributed by atoms with Crippen molar-refractivity contribution in [2.24, 2.45) is 0 Å². The van der Waals surface area contributed by atoms with Crippen molar-refractivity contribution < 1.29 is 0 Å². The molecular formula is C48H25N7S. The van der Waals surface area contributed by atoms with Gasteiger partial charge in [-0.3, -0.25) is 9.97 Å². The number of pyridine rings is 3. The third-order valence-electron chi connectivity index (χ3n) is 11.6. The molecule has 0 saturated heterocycles. The van der Waals surface area contributed by atoms with Crippen molar-refractivity contribution in [1.82, 2.24) is 24.1 Å². The van der Waals surface area contributed by atoms with Gasteiger partial charge in [0.15, 0.2) is 5.69 Å². The molecule has 1 aliphatic carbocycles. The third-order valence-corrected chi connectivity index (χ3v) is 12.7. The smallest absolute Gasteiger partial charge is 0.188 e. The highest BCUT2D eigenvalue weighted by Gasteiger charge is 2.53. The maximum Gasteiger partial charge on any atom is 0.188 e. The van der Waals surface area contributed by atoms with E-state index in [-0.39, 0.29) is 0 Å². The lowest BCUT2D eigenvalue weighted by Gasteiger charge is -2.41. The predicted molar refractivity (Wildman–Crippen MR) is 221 cm³/mol. The van der Waals surface area contributed by atoms with E-state index in [4.69, 9.17) is 16.5 Å². The summed E-state index contributed by atoms with van der Waals surface area (Å²) in [5, 5.41) is 13.9. The molecule has 8 heteroatoms. The molecule has 2 aliphatic rings. The first kappa shape index (κ1) is 30.9. The molecule has 0 bridgehead atoms. The van der Waals surface area contributed by atoms with Crippen LogP contribution in [0.2, 0.25) is 0 Å². The lowest BCUT2D eigenvalue weighted by atomic mass is 9.67. The normalized spacial score (nSPS) is 13.4. The minimum absolute atomic E-state index is 0.395. The van der Waals surface area contributed by atoms with Gasteiger partial charge in [0.05, 0.1) is 57.3 Å². The minimum Gasteiger partial charge on any atom is -0.309 e. The second-order valence-corrected chi connectivity index (χ2v) is 15.3. The standard InChI is InChI=1S/C48H25N7S/c1-50-28-17-20-40-33(23-28)31-9-3-5-14-39(31)55(40)41-15-6-16-43-45(41)48(36-11-7-21-51-46(36)47-37(48)12-8-22-52-47)35-19-18-30(25-44(35)56-43)54-38-13-4-2-10-32(38)34-24-29(26-49)53-27-42(34)54/h2-25,27H. The van der Waals surface area contributed by atoms with E-state index in [9.17, 15) is 5.26 Å². The van der Waals surface area contributed by atoms with Gasteiger partial charge in [0.1, 0.15) is 11.8 Å². The number of hydrogen-bond acceptors (Lipinski definition) is 5. The number of para-hydroxylation sites is 2. The quantitative estimate of drug-likeness (QED) is 0.165. The van der Waals surface area contributed by atoms with Crippen LogP contribution in [0.15, 0.2) is 162 Å². The van der Waals surface area contributed by atoms with Gasteiger partial charge in [-0.2, -0.15) is 5.26 Å². The summed E-state index contributed by atoms with van der Waals surface area (Å²) in [4.78, 5) is 20.6. The number of hydrogen-bond donors (Lipinski definition) is 0. The molecule has 1 spiro atoms. The van der Waals surface area contributed by atoms with Crippen LogP contribution in [0.5, 0.6) is 0 Å². The predicted octanol–water partition coefficient (Wildman–Crippen LogP) is 11.3. The fourth-order valence-corrected chi connectivity index (χ4v) is 10.7. The van der Waals surface area contributed by atoms with Gasteiger partial charge in [-0.15, -0.1) is 0 Å². The monoisotopic (exact) mass is 731 g/mol. The van der Waals surface area contributed by atoms with Crippen LogP contribution < -0.4 is 0 Å². The van der Waals surface area contributed by atoms with Crippen molar-refractivity contribution in [2.45, 2.75) is 15.2 Å². The second-order valence-electron chi connectivity index (χ2n) is 14.2. The van der Waals surface area contributed by atoms with Crippen LogP contribution in [0.1, 0.15) is 27.9 Å². The van der Waals surface area contributed by atoms with Gasteiger partial charge in [0, 0.05) is 49.6 Å². The van der Waals surface area contributed by atoms with Crippen LogP contribution in [0.4, 0.5) is 5.69 Å². The Bertz CT molecular complexity index is 3410. The molecule has 0 fully saturated rings. The second kappa shape index (κ2) is 11.3. The molecule has 1 aliphatic heterocycles. The summed E-state index contributed by atoms with van der Waals surface area (Å²) in [5.41, 5.74) is 12.8. The molecule has 0 atom stereocenters. The molecule has 7 nitrogen and oxygen atoms in total. The maximum atomic E-state index is 9.71. The van der Waals surface area contributed by atoms with E-state index >= 15 is 0 Å². The summed E-state index contributed by atoms with van der Waals surface area (Å²) >= 11 is 1.78. The van der Waals surface area contributed by atoms with Crippen molar-refractivity contribution in [2.75, 3.05) is 0 Å². The molecule has 56 heavy (non-hydrogen) atoms. The topological polar surface area (TPSA) is 76.7 Å². The number of aromatic nitrogens is 5. The van der Waals surface area contributed by atoms with Crippen LogP contribution >= 0.6 is 11.8 Å². The van der Waals surface area contributed by atoms with Crippen molar-refractivity contribution in [3.05, 3.63) is 191 Å². The Balaban J connectivity index is 1.19. The van der Waals surface area contributed by atoms with Gasteiger partial charge in [-0.25, -0.2) is 9.83 Å². The van der Waals surface area contributed by atoms with E-state index in [2.05, 4.69) is 122 Å². The van der Waals surface area contributed by atoms with E-state index in [0.717, 1.165) is 92.9 Å². The zero-order chi connectivity index (χ0) is 37.1. The highest BCUT2D eigenvalue weighted by atomic mass is 32.2. The lowest BCUT2D eigenvalue weighted by Crippen LogP contribution is -2.33. The highest BCUT2D eigenvalue weighted by Crippen LogP contribution is 2.63. The molecule has 12 rings (SSSR count). The summed E-state index contributed by atoms with van der Waals surface area (Å²) in [6, 6.07) is 48.9. The molecule has 0 unspecified atom stereocenters.